The van der Waals surface area contributed by atoms with Crippen molar-refractivity contribution in [1.29, 1.82) is 0 Å². The molecule has 4 nitrogen and oxygen atoms in total. The number of benzene rings is 1. The van der Waals surface area contributed by atoms with Crippen molar-refractivity contribution in [2.24, 2.45) is 0 Å². The smallest absolute Gasteiger partial charge is 0.407 e. The maximum absolute atomic E-state index is 13.0. The van der Waals surface area contributed by atoms with E-state index in [-0.39, 0.29) is 12.4 Å². The fourth-order valence-corrected chi connectivity index (χ4v) is 1.58. The summed E-state index contributed by atoms with van der Waals surface area (Å²) in [5.41, 5.74) is 0.110. The van der Waals surface area contributed by atoms with Gasteiger partial charge in [0.1, 0.15) is 11.4 Å². The summed E-state index contributed by atoms with van der Waals surface area (Å²) >= 11 is 0. The number of nitrogens with one attached hydrogen (secondary N) is 1. The van der Waals surface area contributed by atoms with Gasteiger partial charge in [0.05, 0.1) is 12.6 Å². The van der Waals surface area contributed by atoms with Crippen LogP contribution in [0.2, 0.25) is 0 Å². The van der Waals surface area contributed by atoms with Crippen LogP contribution in [0.1, 0.15) is 26.3 Å². The molecule has 0 fully saturated rings. The Morgan fingerprint density at radius 1 is 1.47 bits per heavy atom. The molecule has 0 aromatic heterocycles. The molecule has 5 heteroatoms. The van der Waals surface area contributed by atoms with E-state index in [1.165, 1.54) is 12.1 Å². The van der Waals surface area contributed by atoms with Crippen LogP contribution in [-0.2, 0) is 11.2 Å². The van der Waals surface area contributed by atoms with Crippen LogP contribution in [-0.4, -0.2) is 29.4 Å². The lowest BCUT2D eigenvalue weighted by Crippen LogP contribution is -2.42. The molecule has 0 heterocycles. The molecule has 0 aliphatic carbocycles. The molecule has 0 aliphatic rings. The van der Waals surface area contributed by atoms with Crippen LogP contribution in [0.15, 0.2) is 24.3 Å². The van der Waals surface area contributed by atoms with Crippen LogP contribution in [0.25, 0.3) is 0 Å². The van der Waals surface area contributed by atoms with Crippen molar-refractivity contribution in [3.05, 3.63) is 35.6 Å². The number of carbonyl (C=O) groups excluding carboxylic acids is 1. The van der Waals surface area contributed by atoms with Crippen LogP contribution in [0.4, 0.5) is 9.18 Å². The first-order valence-corrected chi connectivity index (χ1v) is 6.15. The largest absolute Gasteiger partial charge is 0.444 e. The summed E-state index contributed by atoms with van der Waals surface area (Å²) in [6.45, 7) is 5.03. The lowest BCUT2D eigenvalue weighted by molar-refractivity contribution is 0.0483. The van der Waals surface area contributed by atoms with Gasteiger partial charge in [0.25, 0.3) is 0 Å². The van der Waals surface area contributed by atoms with Gasteiger partial charge < -0.3 is 15.2 Å². The minimum Gasteiger partial charge on any atom is -0.444 e. The molecule has 1 rings (SSSR count). The van der Waals surface area contributed by atoms with Crippen LogP contribution < -0.4 is 5.32 Å². The molecule has 0 spiro atoms. The van der Waals surface area contributed by atoms with E-state index >= 15 is 0 Å². The fraction of sp³-hybridized carbons (Fsp3) is 0.500. The maximum atomic E-state index is 13.0. The van der Waals surface area contributed by atoms with Gasteiger partial charge in [-0.15, -0.1) is 0 Å². The number of aliphatic hydroxyl groups is 1. The monoisotopic (exact) mass is 269 g/mol. The normalized spacial score (nSPS) is 12.9. The number of carbonyl (C=O) groups is 1. The Hall–Kier alpha value is -1.62. The van der Waals surface area contributed by atoms with Gasteiger partial charge in [-0.1, -0.05) is 12.1 Å². The van der Waals surface area contributed by atoms with Gasteiger partial charge in [0, 0.05) is 0 Å². The van der Waals surface area contributed by atoms with Gasteiger partial charge in [-0.25, -0.2) is 9.18 Å². The highest BCUT2D eigenvalue weighted by Crippen LogP contribution is 2.09. The summed E-state index contributed by atoms with van der Waals surface area (Å²) in [4.78, 5) is 11.6. The van der Waals surface area contributed by atoms with Gasteiger partial charge in [-0.05, 0) is 44.9 Å². The Kier molecular flexibility index (Phi) is 5.30. The summed E-state index contributed by atoms with van der Waals surface area (Å²) in [5, 5.41) is 11.8. The topological polar surface area (TPSA) is 58.6 Å². The predicted molar refractivity (Wildman–Crippen MR) is 70.3 cm³/mol. The number of aliphatic hydroxyl groups excluding tert-OH is 1. The highest BCUT2D eigenvalue weighted by molar-refractivity contribution is 5.68. The minimum atomic E-state index is -0.594. The van der Waals surface area contributed by atoms with Gasteiger partial charge in [-0.3, -0.25) is 0 Å². The Morgan fingerprint density at radius 2 is 2.16 bits per heavy atom. The zero-order chi connectivity index (χ0) is 14.5. The highest BCUT2D eigenvalue weighted by atomic mass is 19.1. The molecule has 2 N–H and O–H groups in total. The Morgan fingerprint density at radius 3 is 2.68 bits per heavy atom. The van der Waals surface area contributed by atoms with Crippen molar-refractivity contribution < 1.29 is 19.0 Å². The molecule has 1 atom stereocenters. The summed E-state index contributed by atoms with van der Waals surface area (Å²) in [7, 11) is 0. The Labute approximate surface area is 112 Å². The van der Waals surface area contributed by atoms with E-state index in [4.69, 9.17) is 4.74 Å². The van der Waals surface area contributed by atoms with E-state index in [0.29, 0.717) is 12.0 Å². The van der Waals surface area contributed by atoms with Crippen LogP contribution in [0, 0.1) is 5.82 Å². The number of amides is 1. The molecule has 0 saturated carbocycles. The van der Waals surface area contributed by atoms with Gasteiger partial charge >= 0.3 is 6.09 Å². The zero-order valence-corrected chi connectivity index (χ0v) is 11.4. The van der Waals surface area contributed by atoms with Crippen molar-refractivity contribution >= 4 is 6.09 Å². The van der Waals surface area contributed by atoms with E-state index in [1.807, 2.05) is 0 Å². The van der Waals surface area contributed by atoms with Crippen LogP contribution in [0.3, 0.4) is 0 Å². The summed E-state index contributed by atoms with van der Waals surface area (Å²) in [6, 6.07) is 5.55. The maximum Gasteiger partial charge on any atom is 0.407 e. The van der Waals surface area contributed by atoms with E-state index in [2.05, 4.69) is 5.32 Å². The summed E-state index contributed by atoms with van der Waals surface area (Å²) in [5.74, 6) is -0.341. The van der Waals surface area contributed by atoms with Crippen molar-refractivity contribution in [3.8, 4) is 0 Å². The first kappa shape index (κ1) is 15.4. The van der Waals surface area contributed by atoms with E-state index < -0.39 is 17.7 Å². The number of rotatable bonds is 4. The third-order valence-electron chi connectivity index (χ3n) is 2.31. The molecule has 0 bridgehead atoms. The second-order valence-corrected chi connectivity index (χ2v) is 5.36. The van der Waals surface area contributed by atoms with Gasteiger partial charge in [0.15, 0.2) is 0 Å². The minimum absolute atomic E-state index is 0.240. The molecule has 19 heavy (non-hydrogen) atoms. The summed E-state index contributed by atoms with van der Waals surface area (Å²) in [6.07, 6.45) is -0.254. The number of hydrogen-bond acceptors (Lipinski definition) is 3. The average Bonchev–Trinajstić information content (AvgIpc) is 2.25. The molecule has 0 radical (unpaired) electrons. The number of alkyl carbamates (subject to hydrolysis) is 1. The molecule has 1 amide bonds. The molecule has 106 valence electrons. The molecule has 1 unspecified atom stereocenters. The van der Waals surface area contributed by atoms with E-state index in [0.717, 1.165) is 0 Å². The second kappa shape index (κ2) is 6.52. The van der Waals surface area contributed by atoms with Crippen LogP contribution >= 0.6 is 0 Å². The predicted octanol–water partition coefficient (Wildman–Crippen LogP) is 2.25. The molecular weight excluding hydrogens is 249 g/mol. The first-order chi connectivity index (χ1) is 8.80. The van der Waals surface area contributed by atoms with Crippen LogP contribution in [0.5, 0.6) is 0 Å². The van der Waals surface area contributed by atoms with Crippen molar-refractivity contribution in [3.63, 3.8) is 0 Å². The summed E-state index contributed by atoms with van der Waals surface area (Å²) < 4.78 is 18.1. The standard InChI is InChI=1S/C14H20FNO3/c1-14(2,3)19-13(18)16-12(9-17)8-10-5-4-6-11(15)7-10/h4-7,12,17H,8-9H2,1-3H3,(H,16,18). The second-order valence-electron chi connectivity index (χ2n) is 5.36. The quantitative estimate of drug-likeness (QED) is 0.881. The molecule has 1 aromatic carbocycles. The molecule has 1 aromatic rings. The Balaban J connectivity index is 2.57. The lowest BCUT2D eigenvalue weighted by Gasteiger charge is -2.22. The van der Waals surface area contributed by atoms with Crippen molar-refractivity contribution in [2.75, 3.05) is 6.61 Å². The Bertz CT molecular complexity index is 429. The number of halogens is 1. The molecule has 0 saturated heterocycles. The average molecular weight is 269 g/mol. The van der Waals surface area contributed by atoms with E-state index in [9.17, 15) is 14.3 Å². The third kappa shape index (κ3) is 6.20. The van der Waals surface area contributed by atoms with Gasteiger partial charge in [0.2, 0.25) is 0 Å². The third-order valence-corrected chi connectivity index (χ3v) is 2.31. The van der Waals surface area contributed by atoms with Gasteiger partial charge in [-0.2, -0.15) is 0 Å². The molecular formula is C14H20FNO3. The van der Waals surface area contributed by atoms with Crippen molar-refractivity contribution in [2.45, 2.75) is 38.8 Å². The highest BCUT2D eigenvalue weighted by Gasteiger charge is 2.19. The van der Waals surface area contributed by atoms with Crippen molar-refractivity contribution in [1.82, 2.24) is 5.32 Å². The van der Waals surface area contributed by atoms with E-state index in [1.54, 1.807) is 32.9 Å². The zero-order valence-electron chi connectivity index (χ0n) is 11.4. The number of ether oxygens (including phenoxy) is 1. The first-order valence-electron chi connectivity index (χ1n) is 6.15. The number of hydrogen-bond donors (Lipinski definition) is 2. The SMILES string of the molecule is CC(C)(C)OC(=O)NC(CO)Cc1cccc(F)c1. The molecule has 0 aliphatic heterocycles. The lowest BCUT2D eigenvalue weighted by atomic mass is 10.1. The fourth-order valence-electron chi connectivity index (χ4n) is 1.58.